The third kappa shape index (κ3) is 4.41. The minimum Gasteiger partial charge on any atom is -0.350 e. The molecule has 1 heterocycles. The van der Waals surface area contributed by atoms with Crippen molar-refractivity contribution in [2.75, 3.05) is 39.1 Å². The van der Waals surface area contributed by atoms with E-state index in [-0.39, 0.29) is 17.3 Å². The maximum atomic E-state index is 12.1. The van der Waals surface area contributed by atoms with Crippen molar-refractivity contribution in [3.8, 4) is 0 Å². The molecule has 1 N–H and O–H groups in total. The lowest BCUT2D eigenvalue weighted by Crippen LogP contribution is -2.34. The Balaban J connectivity index is 2.01. The minimum atomic E-state index is -3.50. The molecule has 2 rings (SSSR count). The summed E-state index contributed by atoms with van der Waals surface area (Å²) in [6.07, 6.45) is 3.50. The zero-order chi connectivity index (χ0) is 16.3. The summed E-state index contributed by atoms with van der Waals surface area (Å²) in [7, 11) is 1.61. The van der Waals surface area contributed by atoms with E-state index in [4.69, 9.17) is 0 Å². The van der Waals surface area contributed by atoms with Gasteiger partial charge in [0.15, 0.2) is 0 Å². The summed E-state index contributed by atoms with van der Waals surface area (Å²) in [4.78, 5) is 19.1. The molecule has 0 saturated heterocycles. The van der Waals surface area contributed by atoms with Crippen molar-refractivity contribution < 1.29 is 13.2 Å². The monoisotopic (exact) mass is 326 g/mol. The number of sulfonamides is 1. The third-order valence-electron chi connectivity index (χ3n) is 3.55. The Morgan fingerprint density at radius 2 is 2.00 bits per heavy atom. The van der Waals surface area contributed by atoms with Gasteiger partial charge < -0.3 is 9.80 Å². The highest BCUT2D eigenvalue weighted by Gasteiger charge is 2.24. The molecule has 1 aliphatic carbocycles. The first-order chi connectivity index (χ1) is 10.3. The lowest BCUT2D eigenvalue weighted by Gasteiger charge is -2.20. The lowest BCUT2D eigenvalue weighted by molar-refractivity contribution is -0.127. The molecular formula is C14H22N4O3S. The molecule has 1 aromatic rings. The Bertz CT molecular complexity index is 624. The first-order valence-corrected chi connectivity index (χ1v) is 8.65. The summed E-state index contributed by atoms with van der Waals surface area (Å²) in [5, 5.41) is 0. The third-order valence-corrected chi connectivity index (χ3v) is 4.96. The predicted molar refractivity (Wildman–Crippen MR) is 84.1 cm³/mol. The van der Waals surface area contributed by atoms with E-state index in [0.29, 0.717) is 18.3 Å². The zero-order valence-corrected chi connectivity index (χ0v) is 13.9. The van der Waals surface area contributed by atoms with Gasteiger partial charge in [0.2, 0.25) is 15.9 Å². The Hall–Kier alpha value is -1.67. The quantitative estimate of drug-likeness (QED) is 0.779. The van der Waals surface area contributed by atoms with Gasteiger partial charge >= 0.3 is 0 Å². The maximum Gasteiger partial charge on any atom is 0.242 e. The fraction of sp³-hybridized carbons (Fsp3) is 0.571. The van der Waals surface area contributed by atoms with Crippen LogP contribution in [-0.2, 0) is 14.8 Å². The van der Waals surface area contributed by atoms with E-state index in [2.05, 4.69) is 9.71 Å². The van der Waals surface area contributed by atoms with Gasteiger partial charge in [-0.05, 0) is 30.9 Å². The molecule has 0 aromatic carbocycles. The summed E-state index contributed by atoms with van der Waals surface area (Å²) in [5.74, 6) is 0.980. The molecule has 0 spiro atoms. The van der Waals surface area contributed by atoms with Crippen molar-refractivity contribution in [1.29, 1.82) is 0 Å². The van der Waals surface area contributed by atoms with E-state index >= 15 is 0 Å². The van der Waals surface area contributed by atoms with Crippen molar-refractivity contribution in [2.24, 2.45) is 5.92 Å². The second-order valence-electron chi connectivity index (χ2n) is 5.79. The second-order valence-corrected chi connectivity index (χ2v) is 7.56. The number of likely N-dealkylation sites (N-methyl/N-ethyl adjacent to an activating group) is 2. The van der Waals surface area contributed by atoms with Crippen molar-refractivity contribution >= 4 is 21.7 Å². The highest BCUT2D eigenvalue weighted by Crippen LogP contribution is 2.28. The van der Waals surface area contributed by atoms with Gasteiger partial charge in [0.25, 0.3) is 0 Å². The molecular weight excluding hydrogens is 304 g/mol. The van der Waals surface area contributed by atoms with Crippen molar-refractivity contribution in [3.05, 3.63) is 18.3 Å². The molecule has 1 aromatic heterocycles. The fourth-order valence-electron chi connectivity index (χ4n) is 1.82. The number of nitrogens with zero attached hydrogens (tertiary/aromatic N) is 3. The number of pyridine rings is 1. The number of rotatable bonds is 7. The number of amides is 1. The van der Waals surface area contributed by atoms with Gasteiger partial charge in [-0.15, -0.1) is 0 Å². The summed E-state index contributed by atoms with van der Waals surface area (Å²) in [5.41, 5.74) is 0. The van der Waals surface area contributed by atoms with E-state index < -0.39 is 10.0 Å². The maximum absolute atomic E-state index is 12.1. The molecule has 1 saturated carbocycles. The van der Waals surface area contributed by atoms with E-state index in [1.165, 1.54) is 17.2 Å². The smallest absolute Gasteiger partial charge is 0.242 e. The van der Waals surface area contributed by atoms with Gasteiger partial charge in [-0.3, -0.25) is 4.79 Å². The number of hydrogen-bond donors (Lipinski definition) is 1. The number of hydrogen-bond acceptors (Lipinski definition) is 5. The molecule has 1 fully saturated rings. The van der Waals surface area contributed by atoms with Crippen LogP contribution >= 0.6 is 0 Å². The van der Waals surface area contributed by atoms with Crippen LogP contribution in [0, 0.1) is 5.92 Å². The summed E-state index contributed by atoms with van der Waals surface area (Å²) in [6, 6.07) is 3.11. The van der Waals surface area contributed by atoms with Crippen LogP contribution in [-0.4, -0.2) is 58.4 Å². The standard InChI is InChI=1S/C14H22N4O3S/c1-17(2)14(19)10-18(3)13-7-6-12(9-15-13)22(20,21)16-8-11-4-5-11/h6-7,9,11,16H,4-5,8,10H2,1-3H3. The number of carbonyl (C=O) groups is 1. The molecule has 122 valence electrons. The molecule has 1 aliphatic rings. The van der Waals surface area contributed by atoms with Crippen LogP contribution in [0.25, 0.3) is 0 Å². The van der Waals surface area contributed by atoms with E-state index in [0.717, 1.165) is 12.8 Å². The van der Waals surface area contributed by atoms with Crippen LogP contribution in [0.3, 0.4) is 0 Å². The first-order valence-electron chi connectivity index (χ1n) is 7.16. The van der Waals surface area contributed by atoms with Crippen LogP contribution in [0.1, 0.15) is 12.8 Å². The van der Waals surface area contributed by atoms with Gasteiger partial charge in [0, 0.05) is 33.9 Å². The fourth-order valence-corrected chi connectivity index (χ4v) is 2.88. The molecule has 0 radical (unpaired) electrons. The predicted octanol–water partition coefficient (Wildman–Crippen LogP) is 0.294. The van der Waals surface area contributed by atoms with Gasteiger partial charge in [0.1, 0.15) is 10.7 Å². The van der Waals surface area contributed by atoms with E-state index in [1.807, 2.05) is 0 Å². The van der Waals surface area contributed by atoms with Gasteiger partial charge in [-0.25, -0.2) is 18.1 Å². The van der Waals surface area contributed by atoms with Gasteiger partial charge in [0.05, 0.1) is 6.54 Å². The van der Waals surface area contributed by atoms with Gasteiger partial charge in [-0.2, -0.15) is 0 Å². The average Bonchev–Trinajstić information content (AvgIpc) is 3.29. The molecule has 0 unspecified atom stereocenters. The van der Waals surface area contributed by atoms with Crippen molar-refractivity contribution in [3.63, 3.8) is 0 Å². The Kier molecular flexibility index (Phi) is 5.02. The van der Waals surface area contributed by atoms with Crippen molar-refractivity contribution in [2.45, 2.75) is 17.7 Å². The summed E-state index contributed by atoms with van der Waals surface area (Å²) < 4.78 is 26.8. The summed E-state index contributed by atoms with van der Waals surface area (Å²) in [6.45, 7) is 0.674. The molecule has 22 heavy (non-hydrogen) atoms. The zero-order valence-electron chi connectivity index (χ0n) is 13.1. The number of carbonyl (C=O) groups excluding carboxylic acids is 1. The van der Waals surface area contributed by atoms with E-state index in [9.17, 15) is 13.2 Å². The van der Waals surface area contributed by atoms with E-state index in [1.54, 1.807) is 32.1 Å². The Labute approximate surface area is 131 Å². The molecule has 0 bridgehead atoms. The highest BCUT2D eigenvalue weighted by atomic mass is 32.2. The van der Waals surface area contributed by atoms with Crippen molar-refractivity contribution in [1.82, 2.24) is 14.6 Å². The van der Waals surface area contributed by atoms with Crippen LogP contribution in [0.4, 0.5) is 5.82 Å². The normalized spacial score (nSPS) is 14.7. The topological polar surface area (TPSA) is 82.6 Å². The van der Waals surface area contributed by atoms with Gasteiger partial charge in [-0.1, -0.05) is 0 Å². The van der Waals surface area contributed by atoms with Crippen LogP contribution < -0.4 is 9.62 Å². The minimum absolute atomic E-state index is 0.0490. The Morgan fingerprint density at radius 3 is 2.50 bits per heavy atom. The van der Waals surface area contributed by atoms with Crippen LogP contribution in [0.2, 0.25) is 0 Å². The average molecular weight is 326 g/mol. The molecule has 1 amide bonds. The molecule has 8 heteroatoms. The SMILES string of the molecule is CN(C)C(=O)CN(C)c1ccc(S(=O)(=O)NCC2CC2)cn1. The number of anilines is 1. The highest BCUT2D eigenvalue weighted by molar-refractivity contribution is 7.89. The summed E-state index contributed by atoms with van der Waals surface area (Å²) >= 11 is 0. The first kappa shape index (κ1) is 16.7. The number of nitrogens with one attached hydrogen (secondary N) is 1. The molecule has 0 atom stereocenters. The molecule has 0 aliphatic heterocycles. The molecule has 7 nitrogen and oxygen atoms in total. The number of aromatic nitrogens is 1. The lowest BCUT2D eigenvalue weighted by atomic mass is 10.4. The van der Waals surface area contributed by atoms with Crippen LogP contribution in [0.5, 0.6) is 0 Å². The van der Waals surface area contributed by atoms with Crippen LogP contribution in [0.15, 0.2) is 23.2 Å². The largest absolute Gasteiger partial charge is 0.350 e. The second kappa shape index (κ2) is 6.62. The Morgan fingerprint density at radius 1 is 1.32 bits per heavy atom.